The van der Waals surface area contributed by atoms with E-state index in [1.807, 2.05) is 0 Å². The van der Waals surface area contributed by atoms with E-state index in [4.69, 9.17) is 0 Å². The summed E-state index contributed by atoms with van der Waals surface area (Å²) in [6.07, 6.45) is -9.64. The van der Waals surface area contributed by atoms with Crippen molar-refractivity contribution >= 4 is 10.9 Å². The number of benzene rings is 2. The maximum atomic E-state index is 14.2. The molecule has 0 bridgehead atoms. The molecule has 0 aromatic heterocycles. The third-order valence-corrected chi connectivity index (χ3v) is 6.97. The predicted molar refractivity (Wildman–Crippen MR) is 97.1 cm³/mol. The van der Waals surface area contributed by atoms with Crippen LogP contribution in [0.4, 0.5) is 57.1 Å². The second-order valence-electron chi connectivity index (χ2n) is 6.97. The molecular formula is C20H14F13S+. The molecule has 0 unspecified atom stereocenters. The predicted octanol–water partition coefficient (Wildman–Crippen LogP) is 7.85. The molecular weight excluding hydrogens is 519 g/mol. The molecule has 0 saturated carbocycles. The van der Waals surface area contributed by atoms with Crippen LogP contribution in [0.5, 0.6) is 0 Å². The first-order valence-electron chi connectivity index (χ1n) is 9.08. The minimum absolute atomic E-state index is 0.272. The standard InChI is InChI=1S/C20H14F13S/c21-15(22,16(23,24)17(25,26)18(27,28)19(29,30)20(31,32)33)11-12-34(13-7-3-1-4-8-13)14-9-5-2-6-10-14/h1-10H,11-12H2/q+1. The van der Waals surface area contributed by atoms with Crippen molar-refractivity contribution in [2.24, 2.45) is 0 Å². The van der Waals surface area contributed by atoms with Crippen molar-refractivity contribution in [3.05, 3.63) is 60.7 Å². The van der Waals surface area contributed by atoms with Crippen molar-refractivity contribution in [2.75, 3.05) is 5.75 Å². The highest BCUT2D eigenvalue weighted by atomic mass is 32.2. The average Bonchev–Trinajstić information content (AvgIpc) is 2.74. The molecule has 2 aromatic carbocycles. The van der Waals surface area contributed by atoms with E-state index < -0.39 is 58.9 Å². The van der Waals surface area contributed by atoms with Crippen LogP contribution in [0.25, 0.3) is 0 Å². The molecule has 0 N–H and O–H groups in total. The first kappa shape index (κ1) is 28.1. The van der Waals surface area contributed by atoms with Crippen molar-refractivity contribution in [3.63, 3.8) is 0 Å². The zero-order chi connectivity index (χ0) is 26.2. The fraction of sp³-hybridized carbons (Fsp3) is 0.400. The lowest BCUT2D eigenvalue weighted by atomic mass is 9.93. The van der Waals surface area contributed by atoms with Crippen LogP contribution in [0.15, 0.2) is 70.5 Å². The zero-order valence-corrected chi connectivity index (χ0v) is 17.3. The van der Waals surface area contributed by atoms with Crippen LogP contribution < -0.4 is 0 Å². The third-order valence-electron chi connectivity index (χ3n) is 4.67. The largest absolute Gasteiger partial charge is 0.460 e. The Morgan fingerprint density at radius 2 is 0.824 bits per heavy atom. The average molecular weight is 533 g/mol. The fourth-order valence-electron chi connectivity index (χ4n) is 2.73. The molecule has 0 fully saturated rings. The molecule has 0 amide bonds. The highest BCUT2D eigenvalue weighted by molar-refractivity contribution is 7.97. The van der Waals surface area contributed by atoms with Gasteiger partial charge in [-0.1, -0.05) is 36.4 Å². The van der Waals surface area contributed by atoms with E-state index in [-0.39, 0.29) is 9.79 Å². The van der Waals surface area contributed by atoms with Gasteiger partial charge >= 0.3 is 35.8 Å². The minimum Gasteiger partial charge on any atom is -0.199 e. The first-order chi connectivity index (χ1) is 15.3. The van der Waals surface area contributed by atoms with Crippen molar-refractivity contribution in [3.8, 4) is 0 Å². The van der Waals surface area contributed by atoms with Crippen molar-refractivity contribution in [1.82, 2.24) is 0 Å². The topological polar surface area (TPSA) is 0 Å². The molecule has 0 aliphatic heterocycles. The summed E-state index contributed by atoms with van der Waals surface area (Å²) in [7, 11) is -1.49. The summed E-state index contributed by atoms with van der Waals surface area (Å²) in [4.78, 5) is 0.544. The van der Waals surface area contributed by atoms with Gasteiger partial charge in [-0.25, -0.2) is 0 Å². The maximum absolute atomic E-state index is 14.2. The van der Waals surface area contributed by atoms with Gasteiger partial charge in [-0.3, -0.25) is 0 Å². The van der Waals surface area contributed by atoms with Crippen LogP contribution in [-0.2, 0) is 10.9 Å². The summed E-state index contributed by atoms with van der Waals surface area (Å²) in [5.41, 5.74) is 0. The van der Waals surface area contributed by atoms with E-state index in [2.05, 4.69) is 0 Å². The van der Waals surface area contributed by atoms with Crippen molar-refractivity contribution in [1.29, 1.82) is 0 Å². The molecule has 0 saturated heterocycles. The molecule has 0 radical (unpaired) electrons. The minimum atomic E-state index is -7.88. The van der Waals surface area contributed by atoms with Gasteiger partial charge in [0.1, 0.15) is 5.75 Å². The maximum Gasteiger partial charge on any atom is 0.460 e. The molecule has 0 heterocycles. The normalized spacial score (nSPS) is 14.5. The van der Waals surface area contributed by atoms with Crippen LogP contribution in [0.3, 0.4) is 0 Å². The Kier molecular flexibility index (Phi) is 7.57. The lowest BCUT2D eigenvalue weighted by Crippen LogP contribution is -2.70. The summed E-state index contributed by atoms with van der Waals surface area (Å²) < 4.78 is 173. The molecule has 0 spiro atoms. The monoisotopic (exact) mass is 533 g/mol. The molecule has 0 aliphatic rings. The number of halogens is 13. The van der Waals surface area contributed by atoms with E-state index >= 15 is 0 Å². The summed E-state index contributed by atoms with van der Waals surface area (Å²) in [6, 6.07) is 14.4. The highest BCUT2D eigenvalue weighted by Gasteiger charge is 2.90. The SMILES string of the molecule is FC(F)(F)C(F)(F)C(F)(F)C(F)(F)C(F)(F)C(F)(F)CC[S+](c1ccccc1)c1ccccc1. The molecule has 0 nitrogen and oxygen atoms in total. The Morgan fingerprint density at radius 3 is 1.18 bits per heavy atom. The number of rotatable bonds is 9. The van der Waals surface area contributed by atoms with Crippen LogP contribution in [0, 0.1) is 0 Å². The molecule has 0 atom stereocenters. The molecule has 2 rings (SSSR count). The van der Waals surface area contributed by atoms with Gasteiger partial charge < -0.3 is 0 Å². The van der Waals surface area contributed by atoms with E-state index in [0.717, 1.165) is 0 Å². The van der Waals surface area contributed by atoms with Gasteiger partial charge in [-0.15, -0.1) is 0 Å². The lowest BCUT2D eigenvalue weighted by Gasteiger charge is -2.39. The second kappa shape index (κ2) is 9.15. The fourth-order valence-corrected chi connectivity index (χ4v) is 4.91. The van der Waals surface area contributed by atoms with Gasteiger partial charge in [0.2, 0.25) is 0 Å². The Morgan fingerprint density at radius 1 is 0.471 bits per heavy atom. The number of hydrogen-bond donors (Lipinski definition) is 0. The summed E-state index contributed by atoms with van der Waals surface area (Å²) in [5, 5.41) is 0. The van der Waals surface area contributed by atoms with Crippen molar-refractivity contribution < 1.29 is 57.1 Å². The molecule has 2 aromatic rings. The summed E-state index contributed by atoms with van der Waals surface area (Å²) in [6.45, 7) is 0. The van der Waals surface area contributed by atoms with Gasteiger partial charge in [-0.2, -0.15) is 57.1 Å². The molecule has 14 heteroatoms. The van der Waals surface area contributed by atoms with Crippen LogP contribution >= 0.6 is 0 Å². The Labute approximate surface area is 187 Å². The quantitative estimate of drug-likeness (QED) is 0.228. The zero-order valence-electron chi connectivity index (χ0n) is 16.5. The highest BCUT2D eigenvalue weighted by Crippen LogP contribution is 2.60. The first-order valence-corrected chi connectivity index (χ1v) is 10.5. The van der Waals surface area contributed by atoms with E-state index in [1.165, 1.54) is 60.7 Å². The van der Waals surface area contributed by atoms with Gasteiger partial charge in [0.15, 0.2) is 9.79 Å². The van der Waals surface area contributed by atoms with Gasteiger partial charge in [-0.05, 0) is 24.3 Å². The summed E-state index contributed by atoms with van der Waals surface area (Å²) >= 11 is 0. The van der Waals surface area contributed by atoms with E-state index in [0.29, 0.717) is 0 Å². The Bertz CT molecular complexity index is 900. The third kappa shape index (κ3) is 4.69. The summed E-state index contributed by atoms with van der Waals surface area (Å²) in [5.74, 6) is -37.8. The number of hydrogen-bond acceptors (Lipinski definition) is 0. The van der Waals surface area contributed by atoms with Crippen LogP contribution in [-0.4, -0.2) is 41.5 Å². The molecule has 0 aliphatic carbocycles. The van der Waals surface area contributed by atoms with Gasteiger partial charge in [0.25, 0.3) is 0 Å². The van der Waals surface area contributed by atoms with E-state index in [9.17, 15) is 57.1 Å². The molecule has 34 heavy (non-hydrogen) atoms. The number of alkyl halides is 13. The van der Waals surface area contributed by atoms with E-state index in [1.54, 1.807) is 0 Å². The lowest BCUT2D eigenvalue weighted by molar-refractivity contribution is -0.439. The van der Waals surface area contributed by atoms with Crippen molar-refractivity contribution in [2.45, 2.75) is 52.0 Å². The Balaban J connectivity index is 2.41. The molecule has 190 valence electrons. The van der Waals surface area contributed by atoms with Gasteiger partial charge in [0.05, 0.1) is 17.3 Å². The van der Waals surface area contributed by atoms with Crippen LogP contribution in [0.2, 0.25) is 0 Å². The van der Waals surface area contributed by atoms with Gasteiger partial charge in [0, 0.05) is 0 Å². The second-order valence-corrected chi connectivity index (χ2v) is 9.10. The smallest absolute Gasteiger partial charge is 0.199 e. The Hall–Kier alpha value is -2.12. The van der Waals surface area contributed by atoms with Crippen LogP contribution in [0.1, 0.15) is 6.42 Å².